The standard InChI is InChI=1S/C26H40N4O8/c1-6-7-8-14-30(24(35)19(12-13-20(27)32)29-25(36)38-26(2,3)4)22(17-10-9-11-18(31)15-17)23(34)28-16-21(33)37-5/h9-11,15,19,22,31H,6-8,12-14,16H2,1-5H3,(H2,27,32)(H,28,34)(H,29,36). The molecule has 0 bridgehead atoms. The van der Waals surface area contributed by atoms with Gasteiger partial charge in [-0.05, 0) is 51.3 Å². The Labute approximate surface area is 223 Å². The third-order valence-electron chi connectivity index (χ3n) is 5.33. The first kappa shape index (κ1) is 32.2. The largest absolute Gasteiger partial charge is 0.508 e. The molecule has 0 radical (unpaired) electrons. The molecule has 0 saturated carbocycles. The summed E-state index contributed by atoms with van der Waals surface area (Å²) in [6, 6.07) is 3.31. The fraction of sp³-hybridized carbons (Fsp3) is 0.577. The lowest BCUT2D eigenvalue weighted by Gasteiger charge is -2.34. The van der Waals surface area contributed by atoms with Crippen molar-refractivity contribution in [3.63, 3.8) is 0 Å². The molecule has 2 atom stereocenters. The van der Waals surface area contributed by atoms with Crippen LogP contribution in [0.3, 0.4) is 0 Å². The van der Waals surface area contributed by atoms with Crippen LogP contribution >= 0.6 is 0 Å². The van der Waals surface area contributed by atoms with E-state index in [1.54, 1.807) is 26.8 Å². The molecule has 0 saturated heterocycles. The van der Waals surface area contributed by atoms with Crippen LogP contribution in [0.2, 0.25) is 0 Å². The number of phenolic OH excluding ortho intramolecular Hbond substituents is 1. The number of aromatic hydroxyl groups is 1. The molecule has 0 aromatic heterocycles. The van der Waals surface area contributed by atoms with E-state index in [1.165, 1.54) is 30.2 Å². The first-order valence-corrected chi connectivity index (χ1v) is 12.5. The maximum Gasteiger partial charge on any atom is 0.408 e. The zero-order valence-corrected chi connectivity index (χ0v) is 22.7. The van der Waals surface area contributed by atoms with Gasteiger partial charge in [-0.2, -0.15) is 0 Å². The van der Waals surface area contributed by atoms with E-state index in [1.807, 2.05) is 6.92 Å². The monoisotopic (exact) mass is 536 g/mol. The van der Waals surface area contributed by atoms with Gasteiger partial charge >= 0.3 is 12.1 Å². The van der Waals surface area contributed by atoms with E-state index in [0.29, 0.717) is 6.42 Å². The first-order valence-electron chi connectivity index (χ1n) is 12.5. The van der Waals surface area contributed by atoms with Crippen molar-refractivity contribution in [1.82, 2.24) is 15.5 Å². The van der Waals surface area contributed by atoms with E-state index in [9.17, 15) is 29.1 Å². The van der Waals surface area contributed by atoms with E-state index in [-0.39, 0.29) is 30.7 Å². The molecular weight excluding hydrogens is 496 g/mol. The normalized spacial score (nSPS) is 12.6. The summed E-state index contributed by atoms with van der Waals surface area (Å²) in [7, 11) is 1.17. The lowest BCUT2D eigenvalue weighted by molar-refractivity contribution is -0.145. The van der Waals surface area contributed by atoms with Crippen LogP contribution in [-0.2, 0) is 28.7 Å². The second kappa shape index (κ2) is 15.4. The summed E-state index contributed by atoms with van der Waals surface area (Å²) in [5.74, 6) is -2.85. The molecule has 0 aliphatic carbocycles. The number of carbonyl (C=O) groups is 5. The minimum absolute atomic E-state index is 0.113. The average Bonchev–Trinajstić information content (AvgIpc) is 2.82. The van der Waals surface area contributed by atoms with Crippen LogP contribution in [-0.4, -0.2) is 71.6 Å². The lowest BCUT2D eigenvalue weighted by atomic mass is 10.0. The molecule has 0 heterocycles. The van der Waals surface area contributed by atoms with Gasteiger partial charge in [0.25, 0.3) is 0 Å². The van der Waals surface area contributed by atoms with Crippen molar-refractivity contribution in [1.29, 1.82) is 0 Å². The summed E-state index contributed by atoms with van der Waals surface area (Å²) >= 11 is 0. The summed E-state index contributed by atoms with van der Waals surface area (Å²) in [6.07, 6.45) is 0.879. The maximum atomic E-state index is 13.9. The van der Waals surface area contributed by atoms with Gasteiger partial charge < -0.3 is 35.8 Å². The Bertz CT molecular complexity index is 976. The highest BCUT2D eigenvalue weighted by Crippen LogP contribution is 2.26. The zero-order valence-electron chi connectivity index (χ0n) is 22.7. The SMILES string of the molecule is CCCCCN(C(=O)C(CCC(N)=O)NC(=O)OC(C)(C)C)C(C(=O)NCC(=O)OC)c1cccc(O)c1. The fourth-order valence-corrected chi connectivity index (χ4v) is 3.59. The molecule has 38 heavy (non-hydrogen) atoms. The number of hydrogen-bond acceptors (Lipinski definition) is 8. The predicted octanol–water partition coefficient (Wildman–Crippen LogP) is 1.90. The number of nitrogens with one attached hydrogen (secondary N) is 2. The minimum Gasteiger partial charge on any atom is -0.508 e. The molecule has 2 unspecified atom stereocenters. The second-order valence-corrected chi connectivity index (χ2v) is 9.73. The summed E-state index contributed by atoms with van der Waals surface area (Å²) < 4.78 is 9.88. The number of amides is 4. The maximum absolute atomic E-state index is 13.9. The lowest BCUT2D eigenvalue weighted by Crippen LogP contribution is -2.53. The van der Waals surface area contributed by atoms with Crippen molar-refractivity contribution in [2.75, 3.05) is 20.2 Å². The Morgan fingerprint density at radius 2 is 1.82 bits per heavy atom. The number of esters is 1. The Balaban J connectivity index is 3.49. The first-order chi connectivity index (χ1) is 17.8. The van der Waals surface area contributed by atoms with Crippen LogP contribution in [0.4, 0.5) is 4.79 Å². The van der Waals surface area contributed by atoms with Crippen LogP contribution in [0.15, 0.2) is 24.3 Å². The van der Waals surface area contributed by atoms with Crippen LogP contribution < -0.4 is 16.4 Å². The number of hydrogen-bond donors (Lipinski definition) is 4. The number of benzene rings is 1. The van der Waals surface area contributed by atoms with Gasteiger partial charge in [-0.3, -0.25) is 19.2 Å². The molecule has 1 aromatic rings. The number of rotatable bonds is 14. The number of ether oxygens (including phenoxy) is 2. The number of nitrogens with zero attached hydrogens (tertiary/aromatic N) is 1. The van der Waals surface area contributed by atoms with Crippen LogP contribution in [0.1, 0.15) is 71.4 Å². The number of phenols is 1. The number of alkyl carbamates (subject to hydrolysis) is 1. The highest BCUT2D eigenvalue weighted by atomic mass is 16.6. The number of primary amides is 1. The fourth-order valence-electron chi connectivity index (χ4n) is 3.59. The summed E-state index contributed by atoms with van der Waals surface area (Å²) in [5, 5.41) is 15.0. The van der Waals surface area contributed by atoms with Gasteiger partial charge in [0.1, 0.15) is 30.0 Å². The van der Waals surface area contributed by atoms with Crippen molar-refractivity contribution in [3.05, 3.63) is 29.8 Å². The van der Waals surface area contributed by atoms with Crippen molar-refractivity contribution >= 4 is 29.8 Å². The Hall–Kier alpha value is -3.83. The van der Waals surface area contributed by atoms with Gasteiger partial charge in [0.2, 0.25) is 17.7 Å². The van der Waals surface area contributed by atoms with Gasteiger partial charge in [0.05, 0.1) is 7.11 Å². The van der Waals surface area contributed by atoms with Gasteiger partial charge in [0, 0.05) is 13.0 Å². The number of carbonyl (C=O) groups excluding carboxylic acids is 5. The summed E-state index contributed by atoms with van der Waals surface area (Å²) in [6.45, 7) is 6.63. The highest BCUT2D eigenvalue weighted by molar-refractivity contribution is 5.93. The third kappa shape index (κ3) is 11.5. The third-order valence-corrected chi connectivity index (χ3v) is 5.33. The molecule has 12 nitrogen and oxygen atoms in total. The topological polar surface area (TPSA) is 177 Å². The van der Waals surface area contributed by atoms with Crippen molar-refractivity contribution < 1.29 is 38.6 Å². The van der Waals surface area contributed by atoms with E-state index < -0.39 is 54.0 Å². The predicted molar refractivity (Wildman–Crippen MR) is 139 cm³/mol. The highest BCUT2D eigenvalue weighted by Gasteiger charge is 2.36. The molecule has 0 spiro atoms. The van der Waals surface area contributed by atoms with Gasteiger partial charge in [-0.1, -0.05) is 31.9 Å². The molecule has 4 amide bonds. The van der Waals surface area contributed by atoms with Crippen LogP contribution in [0, 0.1) is 0 Å². The molecule has 0 aliphatic heterocycles. The smallest absolute Gasteiger partial charge is 0.408 e. The van der Waals surface area contributed by atoms with Gasteiger partial charge in [-0.25, -0.2) is 4.79 Å². The average molecular weight is 537 g/mol. The molecule has 0 aliphatic rings. The molecule has 5 N–H and O–H groups in total. The van der Waals surface area contributed by atoms with Crippen molar-refractivity contribution in [3.8, 4) is 5.75 Å². The second-order valence-electron chi connectivity index (χ2n) is 9.73. The van der Waals surface area contributed by atoms with E-state index in [2.05, 4.69) is 15.4 Å². The molecule has 1 rings (SSSR count). The van der Waals surface area contributed by atoms with Gasteiger partial charge in [0.15, 0.2) is 0 Å². The summed E-state index contributed by atoms with van der Waals surface area (Å²) in [4.78, 5) is 64.3. The summed E-state index contributed by atoms with van der Waals surface area (Å²) in [5.41, 5.74) is 4.73. The zero-order chi connectivity index (χ0) is 28.9. The Kier molecular flexibility index (Phi) is 13.1. The Morgan fingerprint density at radius 1 is 1.13 bits per heavy atom. The van der Waals surface area contributed by atoms with Crippen LogP contribution in [0.25, 0.3) is 0 Å². The number of nitrogens with two attached hydrogens (primary N) is 1. The van der Waals surface area contributed by atoms with E-state index in [0.717, 1.165) is 12.8 Å². The number of unbranched alkanes of at least 4 members (excludes halogenated alkanes) is 2. The molecular formula is C26H40N4O8. The Morgan fingerprint density at radius 3 is 2.37 bits per heavy atom. The van der Waals surface area contributed by atoms with Gasteiger partial charge in [-0.15, -0.1) is 0 Å². The van der Waals surface area contributed by atoms with Crippen molar-refractivity contribution in [2.24, 2.45) is 5.73 Å². The van der Waals surface area contributed by atoms with E-state index >= 15 is 0 Å². The molecule has 1 aromatic carbocycles. The van der Waals surface area contributed by atoms with Crippen LogP contribution in [0.5, 0.6) is 5.75 Å². The quantitative estimate of drug-likeness (QED) is 0.206. The molecule has 0 fully saturated rings. The van der Waals surface area contributed by atoms with E-state index in [4.69, 9.17) is 10.5 Å². The van der Waals surface area contributed by atoms with Crippen molar-refractivity contribution in [2.45, 2.75) is 77.5 Å². The number of methoxy groups -OCH3 is 1. The minimum atomic E-state index is -1.27. The molecule has 212 valence electrons. The molecule has 12 heteroatoms.